The zero-order valence-corrected chi connectivity index (χ0v) is 9.48. The number of hydrogen-bond acceptors (Lipinski definition) is 3. The Morgan fingerprint density at radius 2 is 2.13 bits per heavy atom. The first-order valence-corrected chi connectivity index (χ1v) is 5.08. The average molecular weight is 267 g/mol. The second kappa shape index (κ2) is 3.58. The lowest BCUT2D eigenvalue weighted by Gasteiger charge is -2.02. The van der Waals surface area contributed by atoms with Crippen LogP contribution in [-0.2, 0) is 0 Å². The number of nitrogens with zero attached hydrogens (tertiary/aromatic N) is 2. The van der Waals surface area contributed by atoms with Crippen LogP contribution in [0, 0.1) is 17.0 Å². The Balaban J connectivity index is 2.92. The van der Waals surface area contributed by atoms with Gasteiger partial charge >= 0.3 is 0 Å². The lowest BCUT2D eigenvalue weighted by Crippen LogP contribution is -1.91. The van der Waals surface area contributed by atoms with Crippen LogP contribution >= 0.6 is 15.9 Å². The van der Waals surface area contributed by atoms with Crippen molar-refractivity contribution in [2.24, 2.45) is 0 Å². The molecule has 0 saturated carbocycles. The van der Waals surface area contributed by atoms with E-state index < -0.39 is 0 Å². The summed E-state index contributed by atoms with van der Waals surface area (Å²) in [6.45, 7) is 1.83. The molecule has 4 nitrogen and oxygen atoms in total. The van der Waals surface area contributed by atoms with Gasteiger partial charge in [-0.25, -0.2) is 4.98 Å². The summed E-state index contributed by atoms with van der Waals surface area (Å²) >= 11 is 3.28. The lowest BCUT2D eigenvalue weighted by molar-refractivity contribution is -0.383. The highest BCUT2D eigenvalue weighted by atomic mass is 79.9. The molecule has 2 rings (SSSR count). The highest BCUT2D eigenvalue weighted by molar-refractivity contribution is 9.10. The van der Waals surface area contributed by atoms with Crippen molar-refractivity contribution in [2.45, 2.75) is 6.92 Å². The Bertz CT molecular complexity index is 554. The highest BCUT2D eigenvalue weighted by Gasteiger charge is 2.13. The predicted molar refractivity (Wildman–Crippen MR) is 60.8 cm³/mol. The van der Waals surface area contributed by atoms with Gasteiger partial charge in [-0.15, -0.1) is 0 Å². The third-order valence-electron chi connectivity index (χ3n) is 2.15. The predicted octanol–water partition coefficient (Wildman–Crippen LogP) is 3.21. The fraction of sp³-hybridized carbons (Fsp3) is 0.100. The Morgan fingerprint density at radius 1 is 1.40 bits per heavy atom. The van der Waals surface area contributed by atoms with Crippen molar-refractivity contribution in [3.63, 3.8) is 0 Å². The summed E-state index contributed by atoms with van der Waals surface area (Å²) in [6, 6.07) is 5.09. The molecule has 1 aromatic carbocycles. The summed E-state index contributed by atoms with van der Waals surface area (Å²) in [7, 11) is 0. The number of aromatic nitrogens is 1. The fourth-order valence-electron chi connectivity index (χ4n) is 1.52. The number of pyridine rings is 1. The van der Waals surface area contributed by atoms with Gasteiger partial charge in [-0.05, 0) is 40.5 Å². The van der Waals surface area contributed by atoms with E-state index in [9.17, 15) is 10.1 Å². The molecule has 5 heteroatoms. The second-order valence-corrected chi connectivity index (χ2v) is 3.99. The summed E-state index contributed by atoms with van der Waals surface area (Å²) in [5.41, 5.74) is 0.969. The van der Waals surface area contributed by atoms with E-state index in [-0.39, 0.29) is 10.6 Å². The van der Waals surface area contributed by atoms with Crippen LogP contribution in [0.15, 0.2) is 29.0 Å². The minimum Gasteiger partial charge on any atom is -0.258 e. The third kappa shape index (κ3) is 1.70. The van der Waals surface area contributed by atoms with Crippen LogP contribution < -0.4 is 0 Å². The molecule has 0 atom stereocenters. The van der Waals surface area contributed by atoms with Gasteiger partial charge in [0.15, 0.2) is 0 Å². The van der Waals surface area contributed by atoms with Crippen LogP contribution in [0.25, 0.3) is 10.8 Å². The topological polar surface area (TPSA) is 56.0 Å². The van der Waals surface area contributed by atoms with E-state index in [2.05, 4.69) is 20.9 Å². The first-order chi connectivity index (χ1) is 7.09. The Hall–Kier alpha value is -1.49. The first-order valence-electron chi connectivity index (χ1n) is 4.29. The summed E-state index contributed by atoms with van der Waals surface area (Å²) in [5, 5.41) is 12.2. The maximum atomic E-state index is 10.8. The SMILES string of the molecule is Cc1cc([N+](=O)[O-])c2ccnc(Br)c2c1. The number of aryl methyl sites for hydroxylation is 1. The largest absolute Gasteiger partial charge is 0.277 e. The minimum absolute atomic E-state index is 0.119. The van der Waals surface area contributed by atoms with Crippen molar-refractivity contribution >= 4 is 32.4 Å². The normalized spacial score (nSPS) is 10.5. The molecule has 1 heterocycles. The number of fused-ring (bicyclic) bond motifs is 1. The zero-order chi connectivity index (χ0) is 11.0. The van der Waals surface area contributed by atoms with Crippen molar-refractivity contribution < 1.29 is 4.92 Å². The summed E-state index contributed by atoms with van der Waals surface area (Å²) < 4.78 is 0.631. The van der Waals surface area contributed by atoms with Crippen LogP contribution in [-0.4, -0.2) is 9.91 Å². The molecule has 0 saturated heterocycles. The van der Waals surface area contributed by atoms with E-state index in [0.29, 0.717) is 9.99 Å². The van der Waals surface area contributed by atoms with E-state index in [0.717, 1.165) is 10.9 Å². The van der Waals surface area contributed by atoms with Gasteiger partial charge in [-0.2, -0.15) is 0 Å². The van der Waals surface area contributed by atoms with Crippen LogP contribution in [0.1, 0.15) is 5.56 Å². The molecular formula is C10H7BrN2O2. The van der Waals surface area contributed by atoms with E-state index in [1.165, 1.54) is 0 Å². The van der Waals surface area contributed by atoms with E-state index in [4.69, 9.17) is 0 Å². The standard InChI is InChI=1S/C10H7BrN2O2/c1-6-4-8-7(2-3-12-10(8)11)9(5-6)13(14)15/h2-5H,1H3. The molecule has 0 bridgehead atoms. The van der Waals surface area contributed by atoms with Crippen molar-refractivity contribution in [2.75, 3.05) is 0 Å². The number of nitro benzene ring substituents is 1. The monoisotopic (exact) mass is 266 g/mol. The van der Waals surface area contributed by atoms with Crippen molar-refractivity contribution in [1.82, 2.24) is 4.98 Å². The molecule has 15 heavy (non-hydrogen) atoms. The molecule has 2 aromatic rings. The summed E-state index contributed by atoms with van der Waals surface area (Å²) in [4.78, 5) is 14.5. The molecule has 0 radical (unpaired) electrons. The van der Waals surface area contributed by atoms with E-state index >= 15 is 0 Å². The van der Waals surface area contributed by atoms with Gasteiger partial charge < -0.3 is 0 Å². The van der Waals surface area contributed by atoms with Crippen LogP contribution in [0.2, 0.25) is 0 Å². The number of hydrogen-bond donors (Lipinski definition) is 0. The van der Waals surface area contributed by atoms with Gasteiger partial charge in [0.1, 0.15) is 4.60 Å². The van der Waals surface area contributed by atoms with Gasteiger partial charge in [0.05, 0.1) is 10.3 Å². The average Bonchev–Trinajstić information content (AvgIpc) is 2.18. The first kappa shape index (κ1) is 10.0. The lowest BCUT2D eigenvalue weighted by atomic mass is 10.1. The number of halogens is 1. The number of nitro groups is 1. The molecule has 0 unspecified atom stereocenters. The molecule has 1 aromatic heterocycles. The molecule has 76 valence electrons. The van der Waals surface area contributed by atoms with Crippen LogP contribution in [0.4, 0.5) is 5.69 Å². The fourth-order valence-corrected chi connectivity index (χ4v) is 1.97. The van der Waals surface area contributed by atoms with Gasteiger partial charge in [0, 0.05) is 17.6 Å². The van der Waals surface area contributed by atoms with Crippen LogP contribution in [0.5, 0.6) is 0 Å². The molecular weight excluding hydrogens is 260 g/mol. The molecule has 0 N–H and O–H groups in total. The second-order valence-electron chi connectivity index (χ2n) is 3.24. The third-order valence-corrected chi connectivity index (χ3v) is 2.78. The zero-order valence-electron chi connectivity index (χ0n) is 7.90. The smallest absolute Gasteiger partial charge is 0.258 e. The number of non-ortho nitro benzene ring substituents is 1. The Morgan fingerprint density at radius 3 is 2.80 bits per heavy atom. The van der Waals surface area contributed by atoms with Gasteiger partial charge in [-0.1, -0.05) is 0 Å². The van der Waals surface area contributed by atoms with Gasteiger partial charge in [0.2, 0.25) is 0 Å². The molecule has 0 spiro atoms. The molecule has 0 aliphatic rings. The van der Waals surface area contributed by atoms with Crippen molar-refractivity contribution in [1.29, 1.82) is 0 Å². The van der Waals surface area contributed by atoms with Crippen LogP contribution in [0.3, 0.4) is 0 Å². The summed E-state index contributed by atoms with van der Waals surface area (Å²) in [5.74, 6) is 0. The molecule has 0 amide bonds. The Kier molecular flexibility index (Phi) is 2.40. The minimum atomic E-state index is -0.373. The summed E-state index contributed by atoms with van der Waals surface area (Å²) in [6.07, 6.45) is 1.55. The van der Waals surface area contributed by atoms with Gasteiger partial charge in [-0.3, -0.25) is 10.1 Å². The van der Waals surface area contributed by atoms with Crippen molar-refractivity contribution in [3.8, 4) is 0 Å². The maximum absolute atomic E-state index is 10.8. The molecule has 0 aliphatic heterocycles. The number of benzene rings is 1. The van der Waals surface area contributed by atoms with E-state index in [1.807, 2.05) is 13.0 Å². The maximum Gasteiger partial charge on any atom is 0.277 e. The quantitative estimate of drug-likeness (QED) is 0.453. The molecule has 0 aliphatic carbocycles. The highest BCUT2D eigenvalue weighted by Crippen LogP contribution is 2.30. The van der Waals surface area contributed by atoms with E-state index in [1.54, 1.807) is 18.3 Å². The van der Waals surface area contributed by atoms with Gasteiger partial charge in [0.25, 0.3) is 5.69 Å². The number of rotatable bonds is 1. The Labute approximate surface area is 94.2 Å². The molecule has 0 fully saturated rings. The van der Waals surface area contributed by atoms with Crippen molar-refractivity contribution in [3.05, 3.63) is 44.7 Å².